The van der Waals surface area contributed by atoms with Gasteiger partial charge in [-0.1, -0.05) is 11.6 Å². The Hall–Kier alpha value is -1.20. The molecule has 3 heteroatoms. The highest BCUT2D eigenvalue weighted by atomic mass is 35.5. The van der Waals surface area contributed by atoms with Crippen LogP contribution in [-0.4, -0.2) is 6.04 Å². The maximum Gasteiger partial charge on any atom is 0.101 e. The van der Waals surface area contributed by atoms with E-state index in [2.05, 4.69) is 11.4 Å². The van der Waals surface area contributed by atoms with Crippen LogP contribution in [0.4, 0.5) is 5.69 Å². The Labute approximate surface area is 82.1 Å². The minimum absolute atomic E-state index is 0.517. The molecule has 0 bridgehead atoms. The van der Waals surface area contributed by atoms with E-state index in [4.69, 9.17) is 16.9 Å². The van der Waals surface area contributed by atoms with Gasteiger partial charge in [0.05, 0.1) is 10.6 Å². The first-order chi connectivity index (χ1) is 6.29. The smallest absolute Gasteiger partial charge is 0.101 e. The van der Waals surface area contributed by atoms with Gasteiger partial charge in [-0.25, -0.2) is 0 Å². The summed E-state index contributed by atoms with van der Waals surface area (Å²) in [5.41, 5.74) is 1.52. The van der Waals surface area contributed by atoms with E-state index in [0.29, 0.717) is 16.6 Å². The summed E-state index contributed by atoms with van der Waals surface area (Å²) in [5.74, 6) is 0. The van der Waals surface area contributed by atoms with Crippen LogP contribution in [-0.2, 0) is 0 Å². The zero-order chi connectivity index (χ0) is 9.26. The third-order valence-corrected chi connectivity index (χ3v) is 2.36. The highest BCUT2D eigenvalue weighted by Gasteiger charge is 2.20. The van der Waals surface area contributed by atoms with Crippen LogP contribution in [0, 0.1) is 11.3 Å². The van der Waals surface area contributed by atoms with Gasteiger partial charge >= 0.3 is 0 Å². The first-order valence-electron chi connectivity index (χ1n) is 4.26. The SMILES string of the molecule is N#Cc1cc(NC2CC2)ccc1Cl. The largest absolute Gasteiger partial charge is 0.382 e. The van der Waals surface area contributed by atoms with E-state index < -0.39 is 0 Å². The molecule has 1 saturated carbocycles. The summed E-state index contributed by atoms with van der Waals surface area (Å²) in [4.78, 5) is 0. The van der Waals surface area contributed by atoms with Gasteiger partial charge in [-0.15, -0.1) is 0 Å². The fourth-order valence-corrected chi connectivity index (χ4v) is 1.32. The van der Waals surface area contributed by atoms with Gasteiger partial charge in [0.1, 0.15) is 6.07 Å². The maximum atomic E-state index is 8.73. The summed E-state index contributed by atoms with van der Waals surface area (Å²) in [6.45, 7) is 0. The number of hydrogen-bond acceptors (Lipinski definition) is 2. The van der Waals surface area contributed by atoms with Gasteiger partial charge in [0.15, 0.2) is 0 Å². The van der Waals surface area contributed by atoms with Crippen molar-refractivity contribution in [1.29, 1.82) is 5.26 Å². The summed E-state index contributed by atoms with van der Waals surface area (Å²) >= 11 is 5.80. The first-order valence-corrected chi connectivity index (χ1v) is 4.63. The standard InChI is InChI=1S/C10H9ClN2/c11-10-4-3-9(5-7(10)6-12)13-8-1-2-8/h3-5,8,13H,1-2H2. The molecule has 0 heterocycles. The van der Waals surface area contributed by atoms with Crippen LogP contribution < -0.4 is 5.32 Å². The van der Waals surface area contributed by atoms with E-state index in [0.717, 1.165) is 5.69 Å². The first kappa shape index (κ1) is 8.40. The van der Waals surface area contributed by atoms with Gasteiger partial charge in [-0.05, 0) is 31.0 Å². The quantitative estimate of drug-likeness (QED) is 0.782. The zero-order valence-electron chi connectivity index (χ0n) is 7.05. The molecule has 1 aromatic rings. The third-order valence-electron chi connectivity index (χ3n) is 2.03. The van der Waals surface area contributed by atoms with E-state index in [1.807, 2.05) is 6.07 Å². The Morgan fingerprint density at radius 2 is 2.23 bits per heavy atom. The molecule has 0 saturated heterocycles. The lowest BCUT2D eigenvalue weighted by molar-refractivity contribution is 1.16. The number of nitriles is 1. The lowest BCUT2D eigenvalue weighted by atomic mass is 10.2. The number of benzene rings is 1. The van der Waals surface area contributed by atoms with E-state index >= 15 is 0 Å². The van der Waals surface area contributed by atoms with Crippen molar-refractivity contribution in [1.82, 2.24) is 0 Å². The molecular formula is C10H9ClN2. The number of halogens is 1. The highest BCUT2D eigenvalue weighted by Crippen LogP contribution is 2.26. The molecule has 0 atom stereocenters. The predicted octanol–water partition coefficient (Wildman–Crippen LogP) is 2.79. The molecule has 1 N–H and O–H groups in total. The average Bonchev–Trinajstić information content (AvgIpc) is 2.92. The van der Waals surface area contributed by atoms with Crippen molar-refractivity contribution >= 4 is 17.3 Å². The highest BCUT2D eigenvalue weighted by molar-refractivity contribution is 6.31. The van der Waals surface area contributed by atoms with E-state index in [9.17, 15) is 0 Å². The summed E-state index contributed by atoms with van der Waals surface area (Å²) < 4.78 is 0. The molecule has 0 spiro atoms. The fraction of sp³-hybridized carbons (Fsp3) is 0.300. The molecule has 1 fully saturated rings. The van der Waals surface area contributed by atoms with Crippen LogP contribution in [0.15, 0.2) is 18.2 Å². The molecule has 13 heavy (non-hydrogen) atoms. The lowest BCUT2D eigenvalue weighted by Crippen LogP contribution is -2.00. The number of rotatable bonds is 2. The molecule has 1 aromatic carbocycles. The van der Waals surface area contributed by atoms with Gasteiger partial charge in [-0.3, -0.25) is 0 Å². The van der Waals surface area contributed by atoms with Crippen molar-refractivity contribution in [2.24, 2.45) is 0 Å². The molecule has 0 aliphatic heterocycles. The predicted molar refractivity (Wildman–Crippen MR) is 52.8 cm³/mol. The number of hydrogen-bond donors (Lipinski definition) is 1. The second-order valence-corrected chi connectivity index (χ2v) is 3.63. The van der Waals surface area contributed by atoms with Crippen molar-refractivity contribution in [3.8, 4) is 6.07 Å². The summed E-state index contributed by atoms with van der Waals surface area (Å²) in [6, 6.07) is 8.11. The van der Waals surface area contributed by atoms with Crippen LogP contribution in [0.2, 0.25) is 5.02 Å². The average molecular weight is 193 g/mol. The Balaban J connectivity index is 2.22. The second-order valence-electron chi connectivity index (χ2n) is 3.23. The Morgan fingerprint density at radius 3 is 2.85 bits per heavy atom. The molecule has 2 rings (SSSR count). The van der Waals surface area contributed by atoms with Crippen LogP contribution >= 0.6 is 11.6 Å². The number of anilines is 1. The zero-order valence-corrected chi connectivity index (χ0v) is 7.80. The molecule has 2 nitrogen and oxygen atoms in total. The Kier molecular flexibility index (Phi) is 2.12. The van der Waals surface area contributed by atoms with Gasteiger partial charge in [0.25, 0.3) is 0 Å². The van der Waals surface area contributed by atoms with Gasteiger partial charge in [0, 0.05) is 11.7 Å². The molecule has 0 aromatic heterocycles. The molecule has 66 valence electrons. The molecule has 0 amide bonds. The number of nitrogens with zero attached hydrogens (tertiary/aromatic N) is 1. The van der Waals surface area contributed by atoms with Gasteiger partial charge in [-0.2, -0.15) is 5.26 Å². The summed E-state index contributed by atoms with van der Waals surface area (Å²) in [6.07, 6.45) is 2.45. The Bertz CT molecular complexity index is 364. The van der Waals surface area contributed by atoms with Crippen LogP contribution in [0.3, 0.4) is 0 Å². The maximum absolute atomic E-state index is 8.73. The molecular weight excluding hydrogens is 184 g/mol. The van der Waals surface area contributed by atoms with Crippen molar-refractivity contribution in [2.45, 2.75) is 18.9 Å². The fourth-order valence-electron chi connectivity index (χ4n) is 1.16. The lowest BCUT2D eigenvalue weighted by Gasteiger charge is -2.04. The van der Waals surface area contributed by atoms with E-state index in [1.165, 1.54) is 12.8 Å². The topological polar surface area (TPSA) is 35.8 Å². The minimum atomic E-state index is 0.517. The van der Waals surface area contributed by atoms with Crippen molar-refractivity contribution in [2.75, 3.05) is 5.32 Å². The van der Waals surface area contributed by atoms with E-state index in [1.54, 1.807) is 12.1 Å². The van der Waals surface area contributed by atoms with Crippen molar-refractivity contribution in [3.05, 3.63) is 28.8 Å². The van der Waals surface area contributed by atoms with Crippen molar-refractivity contribution < 1.29 is 0 Å². The number of nitrogens with one attached hydrogen (secondary N) is 1. The molecule has 1 aliphatic carbocycles. The summed E-state index contributed by atoms with van der Waals surface area (Å²) in [5, 5.41) is 12.6. The molecule has 0 unspecified atom stereocenters. The van der Waals surface area contributed by atoms with Crippen molar-refractivity contribution in [3.63, 3.8) is 0 Å². The minimum Gasteiger partial charge on any atom is -0.382 e. The normalized spacial score (nSPS) is 15.1. The van der Waals surface area contributed by atoms with Crippen LogP contribution in [0.5, 0.6) is 0 Å². The molecule has 1 aliphatic rings. The second kappa shape index (κ2) is 3.27. The summed E-state index contributed by atoms with van der Waals surface area (Å²) in [7, 11) is 0. The van der Waals surface area contributed by atoms with Crippen LogP contribution in [0.25, 0.3) is 0 Å². The van der Waals surface area contributed by atoms with E-state index in [-0.39, 0.29) is 0 Å². The third kappa shape index (κ3) is 1.93. The van der Waals surface area contributed by atoms with Gasteiger partial charge in [0.2, 0.25) is 0 Å². The Morgan fingerprint density at radius 1 is 1.46 bits per heavy atom. The molecule has 0 radical (unpaired) electrons. The van der Waals surface area contributed by atoms with Gasteiger partial charge < -0.3 is 5.32 Å². The monoisotopic (exact) mass is 192 g/mol. The van der Waals surface area contributed by atoms with Crippen LogP contribution in [0.1, 0.15) is 18.4 Å².